The number of amides is 1. The molecule has 1 saturated carbocycles. The molecule has 3 fully saturated rings. The number of hydrogen-bond donors (Lipinski definition) is 2. The molecule has 1 aliphatic carbocycles. The van der Waals surface area contributed by atoms with Gasteiger partial charge >= 0.3 is 0 Å². The number of piperidine rings is 1. The second-order valence-corrected chi connectivity index (χ2v) is 9.94. The van der Waals surface area contributed by atoms with Gasteiger partial charge in [0.15, 0.2) is 0 Å². The van der Waals surface area contributed by atoms with Crippen LogP contribution in [0.15, 0.2) is 30.3 Å². The molecule has 0 unspecified atom stereocenters. The minimum atomic E-state index is -0.325. The van der Waals surface area contributed by atoms with Crippen LogP contribution in [0.3, 0.4) is 0 Å². The highest BCUT2D eigenvalue weighted by Crippen LogP contribution is 2.39. The molecule has 6 nitrogen and oxygen atoms in total. The van der Waals surface area contributed by atoms with Crippen molar-refractivity contribution in [2.75, 3.05) is 52.5 Å². The maximum Gasteiger partial charge on any atom is 0.221 e. The van der Waals surface area contributed by atoms with Crippen molar-refractivity contribution >= 4 is 5.91 Å². The van der Waals surface area contributed by atoms with Crippen LogP contribution in [0.4, 0.5) is 0 Å². The van der Waals surface area contributed by atoms with E-state index >= 15 is 0 Å². The van der Waals surface area contributed by atoms with Crippen molar-refractivity contribution < 1.29 is 14.6 Å². The fourth-order valence-electron chi connectivity index (χ4n) is 5.85. The van der Waals surface area contributed by atoms with E-state index in [0.29, 0.717) is 13.0 Å². The van der Waals surface area contributed by atoms with Gasteiger partial charge in [-0.05, 0) is 57.2 Å². The van der Waals surface area contributed by atoms with Gasteiger partial charge in [-0.1, -0.05) is 36.8 Å². The van der Waals surface area contributed by atoms with Crippen LogP contribution in [0.25, 0.3) is 0 Å². The molecule has 4 rings (SSSR count). The molecule has 0 spiro atoms. The first-order chi connectivity index (χ1) is 15.7. The monoisotopic (exact) mass is 443 g/mol. The Hall–Kier alpha value is -1.47. The van der Waals surface area contributed by atoms with E-state index < -0.39 is 0 Å². The second-order valence-electron chi connectivity index (χ2n) is 9.94. The number of ether oxygens (including phenoxy) is 1. The van der Waals surface area contributed by atoms with Crippen molar-refractivity contribution in [1.82, 2.24) is 15.1 Å². The van der Waals surface area contributed by atoms with E-state index in [1.54, 1.807) is 0 Å². The molecule has 3 atom stereocenters. The van der Waals surface area contributed by atoms with E-state index in [2.05, 4.69) is 45.4 Å². The molecule has 1 aromatic carbocycles. The van der Waals surface area contributed by atoms with Crippen LogP contribution in [-0.4, -0.2) is 85.4 Å². The van der Waals surface area contributed by atoms with Gasteiger partial charge in [-0.2, -0.15) is 0 Å². The summed E-state index contributed by atoms with van der Waals surface area (Å²) in [5.74, 6) is 0.153. The fourth-order valence-corrected chi connectivity index (χ4v) is 5.85. The first-order valence-corrected chi connectivity index (χ1v) is 12.7. The normalized spacial score (nSPS) is 30.5. The highest BCUT2D eigenvalue weighted by molar-refractivity contribution is 5.76. The maximum atomic E-state index is 12.8. The van der Waals surface area contributed by atoms with Gasteiger partial charge in [-0.3, -0.25) is 9.69 Å². The smallest absolute Gasteiger partial charge is 0.221 e. The summed E-state index contributed by atoms with van der Waals surface area (Å²) in [7, 11) is 0. The number of benzene rings is 1. The lowest BCUT2D eigenvalue weighted by Gasteiger charge is -2.37. The lowest BCUT2D eigenvalue weighted by molar-refractivity contribution is -0.121. The number of aliphatic hydroxyl groups excluding tert-OH is 1. The van der Waals surface area contributed by atoms with Gasteiger partial charge < -0.3 is 20.1 Å². The zero-order valence-corrected chi connectivity index (χ0v) is 19.5. The lowest BCUT2D eigenvalue weighted by atomic mass is 9.74. The molecule has 0 aromatic heterocycles. The molecule has 2 N–H and O–H groups in total. The number of nitrogens with zero attached hydrogens (tertiary/aromatic N) is 2. The lowest BCUT2D eigenvalue weighted by Crippen LogP contribution is -2.48. The number of morpholine rings is 1. The molecule has 2 heterocycles. The van der Waals surface area contributed by atoms with E-state index in [4.69, 9.17) is 4.74 Å². The zero-order chi connectivity index (χ0) is 22.2. The molecule has 2 aliphatic heterocycles. The van der Waals surface area contributed by atoms with Crippen molar-refractivity contribution in [2.24, 2.45) is 0 Å². The first-order valence-electron chi connectivity index (χ1n) is 12.7. The summed E-state index contributed by atoms with van der Waals surface area (Å²) in [5.41, 5.74) is 1.16. The van der Waals surface area contributed by atoms with Crippen molar-refractivity contribution in [1.29, 1.82) is 0 Å². The topological polar surface area (TPSA) is 65.0 Å². The van der Waals surface area contributed by atoms with Crippen molar-refractivity contribution in [2.45, 2.75) is 68.9 Å². The van der Waals surface area contributed by atoms with Crippen LogP contribution in [0.2, 0.25) is 0 Å². The summed E-state index contributed by atoms with van der Waals surface area (Å²) in [6, 6.07) is 10.8. The summed E-state index contributed by atoms with van der Waals surface area (Å²) in [6.45, 7) is 7.06. The quantitative estimate of drug-likeness (QED) is 0.634. The van der Waals surface area contributed by atoms with Crippen LogP contribution in [0.5, 0.6) is 0 Å². The number of carbonyl (C=O) groups excluding carboxylic acids is 1. The largest absolute Gasteiger partial charge is 0.391 e. The minimum Gasteiger partial charge on any atom is -0.391 e. The highest BCUT2D eigenvalue weighted by atomic mass is 16.5. The van der Waals surface area contributed by atoms with Gasteiger partial charge in [0, 0.05) is 44.1 Å². The van der Waals surface area contributed by atoms with E-state index in [1.807, 2.05) is 0 Å². The molecule has 6 heteroatoms. The standard InChI is InChI=1S/C26H41N3O3/c30-24-10-13-26(22-7-3-1-4-8-22,12-9-23(24)29-17-19-32-20-18-29)21-27-25(31)11-16-28-14-5-2-6-15-28/h1,3-4,7-8,23-24,30H,2,5-6,9-21H2,(H,27,31)/t23-,24-,26+/m0/s1. The summed E-state index contributed by atoms with van der Waals surface area (Å²) < 4.78 is 5.52. The Labute approximate surface area is 193 Å². The molecular weight excluding hydrogens is 402 g/mol. The average molecular weight is 444 g/mol. The Kier molecular flexibility index (Phi) is 8.58. The van der Waals surface area contributed by atoms with Crippen molar-refractivity contribution in [3.63, 3.8) is 0 Å². The van der Waals surface area contributed by atoms with E-state index in [9.17, 15) is 9.90 Å². The predicted octanol–water partition coefficient (Wildman–Crippen LogP) is 2.55. The molecule has 1 aromatic rings. The molecule has 1 amide bonds. The molecule has 178 valence electrons. The van der Waals surface area contributed by atoms with Gasteiger partial charge in [0.2, 0.25) is 5.91 Å². The maximum absolute atomic E-state index is 12.8. The number of aliphatic hydroxyl groups is 1. The number of hydrogen-bond acceptors (Lipinski definition) is 5. The predicted molar refractivity (Wildman–Crippen MR) is 127 cm³/mol. The third-order valence-corrected chi connectivity index (χ3v) is 7.91. The SMILES string of the molecule is O=C(CCN1CCCCC1)NC[C@]1(c2ccccc2)CC[C@H](O)[C@@H](N2CCOCC2)CC1. The van der Waals surface area contributed by atoms with Crippen LogP contribution in [-0.2, 0) is 14.9 Å². The molecule has 32 heavy (non-hydrogen) atoms. The third-order valence-electron chi connectivity index (χ3n) is 7.91. The van der Waals surface area contributed by atoms with E-state index in [1.165, 1.54) is 24.8 Å². The minimum absolute atomic E-state index is 0.121. The summed E-state index contributed by atoms with van der Waals surface area (Å²) >= 11 is 0. The third kappa shape index (κ3) is 6.10. The molecule has 0 radical (unpaired) electrons. The van der Waals surface area contributed by atoms with Gasteiger partial charge in [0.05, 0.1) is 19.3 Å². The Bertz CT molecular complexity index is 704. The Balaban J connectivity index is 1.40. The van der Waals surface area contributed by atoms with Gasteiger partial charge in [-0.25, -0.2) is 0 Å². The molecule has 3 aliphatic rings. The van der Waals surface area contributed by atoms with Gasteiger partial charge in [-0.15, -0.1) is 0 Å². The fraction of sp³-hybridized carbons (Fsp3) is 0.731. The number of likely N-dealkylation sites (tertiary alicyclic amines) is 1. The van der Waals surface area contributed by atoms with Crippen LogP contribution < -0.4 is 5.32 Å². The van der Waals surface area contributed by atoms with Crippen LogP contribution in [0, 0.1) is 0 Å². The molecular formula is C26H41N3O3. The average Bonchev–Trinajstić information content (AvgIpc) is 3.03. The Morgan fingerprint density at radius 2 is 1.75 bits per heavy atom. The van der Waals surface area contributed by atoms with Crippen LogP contribution in [0.1, 0.15) is 56.9 Å². The van der Waals surface area contributed by atoms with Crippen LogP contribution >= 0.6 is 0 Å². The first kappa shape index (κ1) is 23.7. The summed E-state index contributed by atoms with van der Waals surface area (Å²) in [6.07, 6.45) is 7.66. The zero-order valence-electron chi connectivity index (χ0n) is 19.5. The van der Waals surface area contributed by atoms with Gasteiger partial charge in [0.25, 0.3) is 0 Å². The van der Waals surface area contributed by atoms with E-state index in [-0.39, 0.29) is 23.5 Å². The molecule has 0 bridgehead atoms. The van der Waals surface area contributed by atoms with Crippen molar-refractivity contribution in [3.8, 4) is 0 Å². The van der Waals surface area contributed by atoms with E-state index in [0.717, 1.165) is 71.6 Å². The number of carbonyl (C=O) groups is 1. The highest BCUT2D eigenvalue weighted by Gasteiger charge is 2.40. The summed E-state index contributed by atoms with van der Waals surface area (Å²) in [4.78, 5) is 17.6. The number of nitrogens with one attached hydrogen (secondary N) is 1. The Morgan fingerprint density at radius 1 is 1.03 bits per heavy atom. The van der Waals surface area contributed by atoms with Crippen molar-refractivity contribution in [3.05, 3.63) is 35.9 Å². The second kappa shape index (κ2) is 11.6. The summed E-state index contributed by atoms with van der Waals surface area (Å²) in [5, 5.41) is 14.3. The Morgan fingerprint density at radius 3 is 2.50 bits per heavy atom. The number of rotatable bonds is 7. The molecule has 2 saturated heterocycles. The van der Waals surface area contributed by atoms with Gasteiger partial charge in [0.1, 0.15) is 0 Å².